The van der Waals surface area contributed by atoms with Crippen molar-refractivity contribution >= 4 is 23.4 Å². The normalized spacial score (nSPS) is 10.2. The van der Waals surface area contributed by atoms with Crippen molar-refractivity contribution in [1.29, 1.82) is 0 Å². The lowest BCUT2D eigenvalue weighted by atomic mass is 10.1. The molecule has 23 heavy (non-hydrogen) atoms. The number of carbonyl (C=O) groups excluding carboxylic acids is 1. The zero-order valence-electron chi connectivity index (χ0n) is 13.6. The van der Waals surface area contributed by atoms with E-state index in [2.05, 4.69) is 24.4 Å². The van der Waals surface area contributed by atoms with Crippen LogP contribution in [-0.4, -0.2) is 25.9 Å². The van der Waals surface area contributed by atoms with E-state index >= 15 is 0 Å². The molecule has 122 valence electrons. The fourth-order valence-electron chi connectivity index (χ4n) is 2.11. The minimum atomic E-state index is -0.0490. The Morgan fingerprint density at radius 3 is 2.61 bits per heavy atom. The van der Waals surface area contributed by atoms with Crippen molar-refractivity contribution < 1.29 is 14.3 Å². The average Bonchev–Trinajstić information content (AvgIpc) is 2.57. The van der Waals surface area contributed by atoms with Gasteiger partial charge in [0.05, 0.1) is 25.7 Å². The third-order valence-electron chi connectivity index (χ3n) is 3.43. The number of ether oxygens (including phenoxy) is 2. The van der Waals surface area contributed by atoms with Gasteiger partial charge in [0.1, 0.15) is 11.5 Å². The van der Waals surface area contributed by atoms with E-state index in [1.807, 2.05) is 12.1 Å². The molecule has 0 atom stereocenters. The van der Waals surface area contributed by atoms with E-state index in [1.54, 1.807) is 44.2 Å². The maximum atomic E-state index is 12.1. The van der Waals surface area contributed by atoms with E-state index in [-0.39, 0.29) is 5.91 Å². The molecule has 2 rings (SSSR count). The first kappa shape index (κ1) is 17.2. The maximum absolute atomic E-state index is 12.1. The summed E-state index contributed by atoms with van der Waals surface area (Å²) in [6.07, 6.45) is 0. The minimum absolute atomic E-state index is 0.0490. The highest BCUT2D eigenvalue weighted by Gasteiger charge is 2.09. The second kappa shape index (κ2) is 8.48. The quantitative estimate of drug-likeness (QED) is 0.836. The van der Waals surface area contributed by atoms with Crippen LogP contribution in [0.4, 0.5) is 5.69 Å². The van der Waals surface area contributed by atoms with E-state index in [0.29, 0.717) is 22.9 Å². The summed E-state index contributed by atoms with van der Waals surface area (Å²) in [6.45, 7) is 2.08. The summed E-state index contributed by atoms with van der Waals surface area (Å²) in [5.41, 5.74) is 3.15. The first-order chi connectivity index (χ1) is 11.1. The zero-order chi connectivity index (χ0) is 16.7. The van der Waals surface area contributed by atoms with Crippen LogP contribution >= 0.6 is 11.8 Å². The standard InChI is InChI=1S/C18H21NO3S/c1-13-6-4-5-7-14(13)11-23-12-18(20)19-16-9-8-15(21-2)10-17(16)22-3/h4-10H,11-12H2,1-3H3,(H,19,20). The summed E-state index contributed by atoms with van der Waals surface area (Å²) in [5, 5.41) is 2.87. The Morgan fingerprint density at radius 1 is 1.13 bits per heavy atom. The summed E-state index contributed by atoms with van der Waals surface area (Å²) < 4.78 is 10.4. The number of hydrogen-bond acceptors (Lipinski definition) is 4. The van der Waals surface area contributed by atoms with Gasteiger partial charge in [-0.05, 0) is 30.2 Å². The van der Waals surface area contributed by atoms with Gasteiger partial charge in [-0.1, -0.05) is 24.3 Å². The van der Waals surface area contributed by atoms with E-state index < -0.39 is 0 Å². The van der Waals surface area contributed by atoms with Crippen LogP contribution in [0.1, 0.15) is 11.1 Å². The summed E-state index contributed by atoms with van der Waals surface area (Å²) in [7, 11) is 3.16. The molecule has 2 aromatic carbocycles. The molecule has 4 nitrogen and oxygen atoms in total. The molecule has 0 aliphatic rings. The third-order valence-corrected chi connectivity index (χ3v) is 4.42. The molecule has 0 saturated heterocycles. The third kappa shape index (κ3) is 4.93. The van der Waals surface area contributed by atoms with Crippen LogP contribution in [0.2, 0.25) is 0 Å². The van der Waals surface area contributed by atoms with Crippen molar-refractivity contribution in [3.05, 3.63) is 53.6 Å². The predicted octanol–water partition coefficient (Wildman–Crippen LogP) is 3.88. The van der Waals surface area contributed by atoms with Crippen LogP contribution in [0.5, 0.6) is 11.5 Å². The van der Waals surface area contributed by atoms with Crippen molar-refractivity contribution in [2.45, 2.75) is 12.7 Å². The second-order valence-electron chi connectivity index (χ2n) is 5.03. The average molecular weight is 331 g/mol. The topological polar surface area (TPSA) is 47.6 Å². The van der Waals surface area contributed by atoms with Gasteiger partial charge >= 0.3 is 0 Å². The summed E-state index contributed by atoms with van der Waals surface area (Å²) in [6, 6.07) is 13.5. The fraction of sp³-hybridized carbons (Fsp3) is 0.278. The summed E-state index contributed by atoms with van der Waals surface area (Å²) in [5.74, 6) is 2.44. The molecular weight excluding hydrogens is 310 g/mol. The molecule has 1 N–H and O–H groups in total. The first-order valence-electron chi connectivity index (χ1n) is 7.28. The largest absolute Gasteiger partial charge is 0.497 e. The van der Waals surface area contributed by atoms with E-state index in [9.17, 15) is 4.79 Å². The Kier molecular flexibility index (Phi) is 6.35. The van der Waals surface area contributed by atoms with Gasteiger partial charge in [0.15, 0.2) is 0 Å². The minimum Gasteiger partial charge on any atom is -0.497 e. The predicted molar refractivity (Wildman–Crippen MR) is 95.5 cm³/mol. The molecule has 0 heterocycles. The molecule has 0 saturated carbocycles. The first-order valence-corrected chi connectivity index (χ1v) is 8.43. The lowest BCUT2D eigenvalue weighted by Crippen LogP contribution is -2.15. The lowest BCUT2D eigenvalue weighted by molar-refractivity contribution is -0.113. The number of benzene rings is 2. The highest BCUT2D eigenvalue weighted by Crippen LogP contribution is 2.29. The number of carbonyl (C=O) groups is 1. The number of anilines is 1. The van der Waals surface area contributed by atoms with Crippen molar-refractivity contribution in [2.24, 2.45) is 0 Å². The van der Waals surface area contributed by atoms with Crippen LogP contribution in [0, 0.1) is 6.92 Å². The van der Waals surface area contributed by atoms with E-state index in [1.165, 1.54) is 11.1 Å². The molecule has 0 unspecified atom stereocenters. The number of nitrogens with one attached hydrogen (secondary N) is 1. The van der Waals surface area contributed by atoms with Gasteiger partial charge in [-0.15, -0.1) is 11.8 Å². The molecule has 1 amide bonds. The highest BCUT2D eigenvalue weighted by molar-refractivity contribution is 7.99. The Hall–Kier alpha value is -2.14. The number of hydrogen-bond donors (Lipinski definition) is 1. The van der Waals surface area contributed by atoms with Gasteiger partial charge in [0.25, 0.3) is 0 Å². The van der Waals surface area contributed by atoms with Crippen LogP contribution in [0.3, 0.4) is 0 Å². The van der Waals surface area contributed by atoms with Crippen molar-refractivity contribution in [3.8, 4) is 11.5 Å². The SMILES string of the molecule is COc1ccc(NC(=O)CSCc2ccccc2C)c(OC)c1. The molecule has 0 bridgehead atoms. The summed E-state index contributed by atoms with van der Waals surface area (Å²) >= 11 is 1.59. The van der Waals surface area contributed by atoms with Gasteiger partial charge in [-0.2, -0.15) is 0 Å². The fourth-order valence-corrected chi connectivity index (χ4v) is 3.02. The van der Waals surface area contributed by atoms with Crippen molar-refractivity contribution in [3.63, 3.8) is 0 Å². The van der Waals surface area contributed by atoms with E-state index in [0.717, 1.165) is 5.75 Å². The number of amides is 1. The molecule has 0 fully saturated rings. The second-order valence-corrected chi connectivity index (χ2v) is 6.02. The molecule has 5 heteroatoms. The monoisotopic (exact) mass is 331 g/mol. The van der Waals surface area contributed by atoms with Gasteiger partial charge in [-0.3, -0.25) is 4.79 Å². The van der Waals surface area contributed by atoms with Gasteiger partial charge < -0.3 is 14.8 Å². The molecular formula is C18H21NO3S. The molecule has 0 spiro atoms. The Morgan fingerprint density at radius 2 is 1.91 bits per heavy atom. The highest BCUT2D eigenvalue weighted by atomic mass is 32.2. The molecule has 0 radical (unpaired) electrons. The zero-order valence-corrected chi connectivity index (χ0v) is 14.4. The number of thioether (sulfide) groups is 1. The summed E-state index contributed by atoms with van der Waals surface area (Å²) in [4.78, 5) is 12.1. The molecule has 2 aromatic rings. The van der Waals surface area contributed by atoms with Crippen LogP contribution in [0.15, 0.2) is 42.5 Å². The van der Waals surface area contributed by atoms with Gasteiger partial charge in [-0.25, -0.2) is 0 Å². The number of rotatable bonds is 7. The van der Waals surface area contributed by atoms with Crippen molar-refractivity contribution in [2.75, 3.05) is 25.3 Å². The van der Waals surface area contributed by atoms with Crippen LogP contribution in [0.25, 0.3) is 0 Å². The van der Waals surface area contributed by atoms with Gasteiger partial charge in [0.2, 0.25) is 5.91 Å². The molecule has 0 aliphatic heterocycles. The van der Waals surface area contributed by atoms with E-state index in [4.69, 9.17) is 9.47 Å². The molecule has 0 aromatic heterocycles. The number of methoxy groups -OCH3 is 2. The van der Waals surface area contributed by atoms with Crippen molar-refractivity contribution in [1.82, 2.24) is 0 Å². The van der Waals surface area contributed by atoms with Crippen LogP contribution < -0.4 is 14.8 Å². The Bertz CT molecular complexity index is 673. The Balaban J connectivity index is 1.89. The molecule has 0 aliphatic carbocycles. The van der Waals surface area contributed by atoms with Crippen LogP contribution in [-0.2, 0) is 10.5 Å². The maximum Gasteiger partial charge on any atom is 0.234 e. The smallest absolute Gasteiger partial charge is 0.234 e. The number of aryl methyl sites for hydroxylation is 1. The lowest BCUT2D eigenvalue weighted by Gasteiger charge is -2.11. The van der Waals surface area contributed by atoms with Gasteiger partial charge in [0, 0.05) is 11.8 Å². The Labute approximate surface area is 141 Å².